The Bertz CT molecular complexity index is 294. The normalized spacial score (nSPS) is 10.6. The fourth-order valence-corrected chi connectivity index (χ4v) is 2.17. The lowest BCUT2D eigenvalue weighted by Crippen LogP contribution is -2.17. The van der Waals surface area contributed by atoms with E-state index in [0.29, 0.717) is 6.61 Å². The molecule has 0 saturated heterocycles. The first-order chi connectivity index (χ1) is 7.84. The van der Waals surface area contributed by atoms with E-state index in [1.165, 1.54) is 5.56 Å². The molecular weight excluding hydrogens is 220 g/mol. The molecule has 4 heteroatoms. The number of hydrogen-bond donors (Lipinski definition) is 2. The number of nitrogens with one attached hydrogen (secondary N) is 1. The minimum atomic E-state index is 0.301. The van der Waals surface area contributed by atoms with Gasteiger partial charge in [0.2, 0.25) is 0 Å². The molecule has 90 valence electrons. The fourth-order valence-electron chi connectivity index (χ4n) is 1.34. The Morgan fingerprint density at radius 3 is 3.06 bits per heavy atom. The molecule has 0 aliphatic carbocycles. The SMILES string of the molecule is Cc1ncccc1CNCCSCCCO. The van der Waals surface area contributed by atoms with Crippen molar-refractivity contribution in [3.8, 4) is 0 Å². The Kier molecular flexibility index (Phi) is 7.21. The van der Waals surface area contributed by atoms with Crippen LogP contribution in [0.25, 0.3) is 0 Å². The zero-order valence-corrected chi connectivity index (χ0v) is 10.6. The van der Waals surface area contributed by atoms with Crippen LogP contribution >= 0.6 is 11.8 Å². The van der Waals surface area contributed by atoms with E-state index in [9.17, 15) is 0 Å². The second-order valence-electron chi connectivity index (χ2n) is 3.61. The molecule has 0 unspecified atom stereocenters. The second kappa shape index (κ2) is 8.56. The summed E-state index contributed by atoms with van der Waals surface area (Å²) >= 11 is 1.88. The van der Waals surface area contributed by atoms with E-state index in [-0.39, 0.29) is 0 Å². The van der Waals surface area contributed by atoms with Gasteiger partial charge in [-0.05, 0) is 30.7 Å². The third kappa shape index (κ3) is 5.49. The van der Waals surface area contributed by atoms with Gasteiger partial charge in [0.05, 0.1) is 0 Å². The average molecular weight is 240 g/mol. The Hall–Kier alpha value is -0.580. The summed E-state index contributed by atoms with van der Waals surface area (Å²) in [6, 6.07) is 4.08. The molecule has 0 amide bonds. The van der Waals surface area contributed by atoms with Crippen LogP contribution in [-0.4, -0.2) is 34.7 Å². The van der Waals surface area contributed by atoms with Gasteiger partial charge in [-0.1, -0.05) is 6.07 Å². The summed E-state index contributed by atoms with van der Waals surface area (Å²) < 4.78 is 0. The van der Waals surface area contributed by atoms with Crippen molar-refractivity contribution in [3.63, 3.8) is 0 Å². The van der Waals surface area contributed by atoms with E-state index in [1.807, 2.05) is 30.9 Å². The lowest BCUT2D eigenvalue weighted by atomic mass is 10.2. The van der Waals surface area contributed by atoms with Crippen molar-refractivity contribution in [1.29, 1.82) is 0 Å². The van der Waals surface area contributed by atoms with Crippen molar-refractivity contribution in [2.45, 2.75) is 19.9 Å². The molecule has 0 aromatic carbocycles. The Morgan fingerprint density at radius 2 is 2.31 bits per heavy atom. The maximum absolute atomic E-state index is 8.61. The summed E-state index contributed by atoms with van der Waals surface area (Å²) in [7, 11) is 0. The molecule has 0 spiro atoms. The van der Waals surface area contributed by atoms with E-state index in [0.717, 1.165) is 36.7 Å². The third-order valence-electron chi connectivity index (χ3n) is 2.30. The number of thioether (sulfide) groups is 1. The van der Waals surface area contributed by atoms with Crippen LogP contribution < -0.4 is 5.32 Å². The van der Waals surface area contributed by atoms with Gasteiger partial charge in [0.15, 0.2) is 0 Å². The van der Waals surface area contributed by atoms with Gasteiger partial charge in [0.25, 0.3) is 0 Å². The summed E-state index contributed by atoms with van der Waals surface area (Å²) in [5.74, 6) is 2.14. The minimum Gasteiger partial charge on any atom is -0.396 e. The van der Waals surface area contributed by atoms with Gasteiger partial charge in [-0.3, -0.25) is 4.98 Å². The molecular formula is C12H20N2OS. The van der Waals surface area contributed by atoms with Crippen molar-refractivity contribution in [2.75, 3.05) is 24.7 Å². The molecule has 0 aliphatic rings. The molecule has 3 nitrogen and oxygen atoms in total. The number of nitrogens with zero attached hydrogens (tertiary/aromatic N) is 1. The number of hydrogen-bond acceptors (Lipinski definition) is 4. The predicted octanol–water partition coefficient (Wildman–Crippen LogP) is 1.60. The standard InChI is InChI=1S/C12H20N2OS/c1-11-12(4-2-5-14-11)10-13-6-9-16-8-3-7-15/h2,4-5,13,15H,3,6-10H2,1H3. The number of aliphatic hydroxyl groups is 1. The van der Waals surface area contributed by atoms with Crippen molar-refractivity contribution >= 4 is 11.8 Å². The molecule has 1 aromatic rings. The topological polar surface area (TPSA) is 45.2 Å². The highest BCUT2D eigenvalue weighted by molar-refractivity contribution is 7.99. The molecule has 0 atom stereocenters. The number of aromatic nitrogens is 1. The summed E-state index contributed by atoms with van der Waals surface area (Å²) in [4.78, 5) is 4.25. The molecule has 0 aliphatic heterocycles. The Labute approximate surface area is 102 Å². The van der Waals surface area contributed by atoms with Crippen molar-refractivity contribution < 1.29 is 5.11 Å². The number of pyridine rings is 1. The first-order valence-electron chi connectivity index (χ1n) is 5.64. The summed E-state index contributed by atoms with van der Waals surface area (Å²) in [6.45, 7) is 4.23. The van der Waals surface area contributed by atoms with Gasteiger partial charge in [-0.25, -0.2) is 0 Å². The van der Waals surface area contributed by atoms with Crippen LogP contribution in [0.3, 0.4) is 0 Å². The van der Waals surface area contributed by atoms with Crippen LogP contribution in [0.2, 0.25) is 0 Å². The smallest absolute Gasteiger partial charge is 0.0438 e. The zero-order chi connectivity index (χ0) is 11.6. The summed E-state index contributed by atoms with van der Waals surface area (Å²) in [6.07, 6.45) is 2.72. The quantitative estimate of drug-likeness (QED) is 0.677. The van der Waals surface area contributed by atoms with Crippen molar-refractivity contribution in [2.24, 2.45) is 0 Å². The molecule has 0 bridgehead atoms. The molecule has 1 aromatic heterocycles. The molecule has 1 heterocycles. The maximum Gasteiger partial charge on any atom is 0.0438 e. The average Bonchev–Trinajstić information content (AvgIpc) is 2.30. The molecule has 0 fully saturated rings. The fraction of sp³-hybridized carbons (Fsp3) is 0.583. The van der Waals surface area contributed by atoms with E-state index in [1.54, 1.807) is 0 Å². The monoisotopic (exact) mass is 240 g/mol. The lowest BCUT2D eigenvalue weighted by Gasteiger charge is -2.06. The van der Waals surface area contributed by atoms with E-state index < -0.39 is 0 Å². The van der Waals surface area contributed by atoms with Gasteiger partial charge >= 0.3 is 0 Å². The minimum absolute atomic E-state index is 0.301. The first-order valence-corrected chi connectivity index (χ1v) is 6.80. The Morgan fingerprint density at radius 1 is 1.44 bits per heavy atom. The maximum atomic E-state index is 8.61. The van der Waals surface area contributed by atoms with Crippen LogP contribution in [0.1, 0.15) is 17.7 Å². The third-order valence-corrected chi connectivity index (χ3v) is 3.37. The van der Waals surface area contributed by atoms with Gasteiger partial charge < -0.3 is 10.4 Å². The van der Waals surface area contributed by atoms with Crippen LogP contribution in [0.5, 0.6) is 0 Å². The van der Waals surface area contributed by atoms with Gasteiger partial charge in [-0.2, -0.15) is 11.8 Å². The summed E-state index contributed by atoms with van der Waals surface area (Å²) in [5.41, 5.74) is 2.37. The van der Waals surface area contributed by atoms with Crippen LogP contribution in [-0.2, 0) is 6.54 Å². The largest absolute Gasteiger partial charge is 0.396 e. The number of aliphatic hydroxyl groups excluding tert-OH is 1. The van der Waals surface area contributed by atoms with Gasteiger partial charge in [-0.15, -0.1) is 0 Å². The first kappa shape index (κ1) is 13.5. The molecule has 0 saturated carbocycles. The van der Waals surface area contributed by atoms with E-state index in [4.69, 9.17) is 5.11 Å². The lowest BCUT2D eigenvalue weighted by molar-refractivity contribution is 0.296. The predicted molar refractivity (Wildman–Crippen MR) is 69.7 cm³/mol. The van der Waals surface area contributed by atoms with Gasteiger partial charge in [0.1, 0.15) is 0 Å². The Balaban J connectivity index is 2.05. The molecule has 16 heavy (non-hydrogen) atoms. The molecule has 2 N–H and O–H groups in total. The summed E-state index contributed by atoms with van der Waals surface area (Å²) in [5, 5.41) is 12.0. The highest BCUT2D eigenvalue weighted by atomic mass is 32.2. The highest BCUT2D eigenvalue weighted by Crippen LogP contribution is 2.03. The molecule has 0 radical (unpaired) electrons. The zero-order valence-electron chi connectivity index (χ0n) is 9.78. The van der Waals surface area contributed by atoms with Crippen LogP contribution in [0.4, 0.5) is 0 Å². The number of aryl methyl sites for hydroxylation is 1. The van der Waals surface area contributed by atoms with Gasteiger partial charge in [0, 0.05) is 37.3 Å². The number of rotatable bonds is 8. The van der Waals surface area contributed by atoms with Crippen molar-refractivity contribution in [1.82, 2.24) is 10.3 Å². The molecule has 1 rings (SSSR count). The second-order valence-corrected chi connectivity index (χ2v) is 4.84. The van der Waals surface area contributed by atoms with E-state index in [2.05, 4.69) is 16.4 Å². The van der Waals surface area contributed by atoms with Crippen LogP contribution in [0, 0.1) is 6.92 Å². The highest BCUT2D eigenvalue weighted by Gasteiger charge is 1.96. The van der Waals surface area contributed by atoms with E-state index >= 15 is 0 Å². The van der Waals surface area contributed by atoms with Crippen molar-refractivity contribution in [3.05, 3.63) is 29.6 Å². The van der Waals surface area contributed by atoms with Crippen LogP contribution in [0.15, 0.2) is 18.3 Å².